The Kier molecular flexibility index (Phi) is 12.1. The molecular formula is C35H38O5. The lowest BCUT2D eigenvalue weighted by Gasteiger charge is -2.34. The van der Waals surface area contributed by atoms with Gasteiger partial charge in [0, 0.05) is 0 Å². The lowest BCUT2D eigenvalue weighted by molar-refractivity contribution is -0.153. The highest BCUT2D eigenvalue weighted by atomic mass is 16.6. The number of hydrogen-bond acceptors (Lipinski definition) is 5. The van der Waals surface area contributed by atoms with Gasteiger partial charge in [-0.3, -0.25) is 0 Å². The molecule has 3 atom stereocenters. The van der Waals surface area contributed by atoms with E-state index in [0.29, 0.717) is 32.0 Å². The molecule has 0 saturated heterocycles. The lowest BCUT2D eigenvalue weighted by Crippen LogP contribution is -2.46. The first-order valence-electron chi connectivity index (χ1n) is 13.6. The van der Waals surface area contributed by atoms with E-state index in [9.17, 15) is 5.11 Å². The number of benzene rings is 4. The summed E-state index contributed by atoms with van der Waals surface area (Å²) < 4.78 is 25.2. The standard InChI is InChI=1S/C35H38O5/c1-28(23-37-24-29-14-6-2-7-15-29)34(39-26-31-18-10-4-11-19-31)35(40-27-32-20-12-5-13-21-32)33(22-36)38-25-30-16-8-3-9-17-30/h2-21,33-36H,1,22-27H2/t33-,34-,35-/m1/s1. The van der Waals surface area contributed by atoms with Crippen molar-refractivity contribution >= 4 is 0 Å². The molecule has 5 heteroatoms. The second kappa shape index (κ2) is 16.5. The highest BCUT2D eigenvalue weighted by Crippen LogP contribution is 2.23. The van der Waals surface area contributed by atoms with Gasteiger partial charge in [0.25, 0.3) is 0 Å². The molecule has 4 aromatic rings. The molecular weight excluding hydrogens is 500 g/mol. The third kappa shape index (κ3) is 9.56. The van der Waals surface area contributed by atoms with Gasteiger partial charge in [-0.05, 0) is 27.8 Å². The van der Waals surface area contributed by atoms with E-state index in [2.05, 4.69) is 6.58 Å². The van der Waals surface area contributed by atoms with Crippen LogP contribution in [0.5, 0.6) is 0 Å². The van der Waals surface area contributed by atoms with Gasteiger partial charge in [0.15, 0.2) is 0 Å². The van der Waals surface area contributed by atoms with Crippen molar-refractivity contribution in [2.24, 2.45) is 0 Å². The van der Waals surface area contributed by atoms with Gasteiger partial charge in [0.05, 0.1) is 39.6 Å². The number of aliphatic hydroxyl groups is 1. The lowest BCUT2D eigenvalue weighted by atomic mass is 10.0. The van der Waals surface area contributed by atoms with E-state index in [1.54, 1.807) is 0 Å². The van der Waals surface area contributed by atoms with E-state index >= 15 is 0 Å². The Labute approximate surface area is 237 Å². The van der Waals surface area contributed by atoms with E-state index in [4.69, 9.17) is 18.9 Å². The first-order valence-corrected chi connectivity index (χ1v) is 13.6. The Bertz CT molecular complexity index is 1230. The minimum absolute atomic E-state index is 0.240. The average Bonchev–Trinajstić information content (AvgIpc) is 3.01. The summed E-state index contributed by atoms with van der Waals surface area (Å²) in [4.78, 5) is 0. The van der Waals surface area contributed by atoms with Crippen LogP contribution in [0.2, 0.25) is 0 Å². The molecule has 4 aromatic carbocycles. The van der Waals surface area contributed by atoms with Crippen molar-refractivity contribution in [1.82, 2.24) is 0 Å². The molecule has 4 rings (SSSR count). The van der Waals surface area contributed by atoms with Crippen LogP contribution < -0.4 is 0 Å². The normalized spacial score (nSPS) is 13.4. The molecule has 0 aliphatic heterocycles. The third-order valence-electron chi connectivity index (χ3n) is 6.51. The van der Waals surface area contributed by atoms with Crippen molar-refractivity contribution in [3.63, 3.8) is 0 Å². The van der Waals surface area contributed by atoms with E-state index in [1.807, 2.05) is 121 Å². The fraction of sp³-hybridized carbons (Fsp3) is 0.257. The smallest absolute Gasteiger partial charge is 0.116 e. The summed E-state index contributed by atoms with van der Waals surface area (Å²) in [5, 5.41) is 10.5. The summed E-state index contributed by atoms with van der Waals surface area (Å²) in [5.74, 6) is 0. The molecule has 0 aliphatic rings. The topological polar surface area (TPSA) is 57.2 Å². The van der Waals surface area contributed by atoms with Crippen LogP contribution in [-0.2, 0) is 45.4 Å². The van der Waals surface area contributed by atoms with Crippen molar-refractivity contribution in [2.45, 2.75) is 44.7 Å². The van der Waals surface area contributed by atoms with Crippen LogP contribution in [0.3, 0.4) is 0 Å². The zero-order valence-corrected chi connectivity index (χ0v) is 22.8. The van der Waals surface area contributed by atoms with Crippen LogP contribution in [0.4, 0.5) is 0 Å². The van der Waals surface area contributed by atoms with Gasteiger partial charge < -0.3 is 24.1 Å². The Morgan fingerprint density at radius 2 is 0.950 bits per heavy atom. The predicted octanol–water partition coefficient (Wildman–Crippen LogP) is 6.51. The maximum absolute atomic E-state index is 10.5. The highest BCUT2D eigenvalue weighted by molar-refractivity contribution is 5.17. The van der Waals surface area contributed by atoms with Gasteiger partial charge >= 0.3 is 0 Å². The summed E-state index contributed by atoms with van der Waals surface area (Å²) in [6.07, 6.45) is -1.88. The van der Waals surface area contributed by atoms with Gasteiger partial charge in [-0.25, -0.2) is 0 Å². The summed E-state index contributed by atoms with van der Waals surface area (Å²) in [6.45, 7) is 5.85. The largest absolute Gasteiger partial charge is 0.394 e. The molecule has 0 aromatic heterocycles. The second-order valence-corrected chi connectivity index (χ2v) is 9.63. The van der Waals surface area contributed by atoms with Gasteiger partial charge in [0.2, 0.25) is 0 Å². The maximum atomic E-state index is 10.5. The SMILES string of the molecule is C=C(COCc1ccccc1)[C@@H](OCc1ccccc1)[C@H](OCc1ccccc1)[C@@H](CO)OCc1ccccc1. The molecule has 0 saturated carbocycles. The first kappa shape index (κ1) is 29.4. The molecule has 0 amide bonds. The third-order valence-corrected chi connectivity index (χ3v) is 6.51. The minimum atomic E-state index is -0.657. The van der Waals surface area contributed by atoms with Crippen LogP contribution in [-0.4, -0.2) is 36.6 Å². The molecule has 0 unspecified atom stereocenters. The molecule has 0 heterocycles. The van der Waals surface area contributed by atoms with E-state index < -0.39 is 18.3 Å². The van der Waals surface area contributed by atoms with Crippen LogP contribution >= 0.6 is 0 Å². The van der Waals surface area contributed by atoms with Crippen molar-refractivity contribution in [3.05, 3.63) is 156 Å². The number of ether oxygens (including phenoxy) is 4. The molecule has 40 heavy (non-hydrogen) atoms. The van der Waals surface area contributed by atoms with Gasteiger partial charge in [0.1, 0.15) is 18.3 Å². The first-order chi connectivity index (χ1) is 19.7. The van der Waals surface area contributed by atoms with Crippen LogP contribution in [0.25, 0.3) is 0 Å². The van der Waals surface area contributed by atoms with Crippen LogP contribution in [0, 0.1) is 0 Å². The van der Waals surface area contributed by atoms with Crippen molar-refractivity contribution in [3.8, 4) is 0 Å². The zero-order chi connectivity index (χ0) is 27.8. The Hall–Kier alpha value is -3.58. The Morgan fingerprint density at radius 1 is 0.550 bits per heavy atom. The summed E-state index contributed by atoms with van der Waals surface area (Å²) >= 11 is 0. The average molecular weight is 539 g/mol. The number of rotatable bonds is 17. The second-order valence-electron chi connectivity index (χ2n) is 9.63. The Morgan fingerprint density at radius 3 is 1.40 bits per heavy atom. The van der Waals surface area contributed by atoms with Gasteiger partial charge in [-0.2, -0.15) is 0 Å². The van der Waals surface area contributed by atoms with Gasteiger partial charge in [-0.15, -0.1) is 0 Å². The summed E-state index contributed by atoms with van der Waals surface area (Å²) in [7, 11) is 0. The van der Waals surface area contributed by atoms with Crippen molar-refractivity contribution < 1.29 is 24.1 Å². The molecule has 0 radical (unpaired) electrons. The fourth-order valence-electron chi connectivity index (χ4n) is 4.35. The predicted molar refractivity (Wildman–Crippen MR) is 157 cm³/mol. The summed E-state index contributed by atoms with van der Waals surface area (Å²) in [5.41, 5.74) is 4.84. The fourth-order valence-corrected chi connectivity index (χ4v) is 4.35. The van der Waals surface area contributed by atoms with Gasteiger partial charge in [-0.1, -0.05) is 128 Å². The Balaban J connectivity index is 1.53. The summed E-state index contributed by atoms with van der Waals surface area (Å²) in [6, 6.07) is 39.8. The van der Waals surface area contributed by atoms with E-state index in [1.165, 1.54) is 0 Å². The molecule has 0 aliphatic carbocycles. The van der Waals surface area contributed by atoms with Crippen molar-refractivity contribution in [2.75, 3.05) is 13.2 Å². The molecule has 208 valence electrons. The highest BCUT2D eigenvalue weighted by Gasteiger charge is 2.34. The molecule has 0 spiro atoms. The molecule has 0 fully saturated rings. The maximum Gasteiger partial charge on any atom is 0.116 e. The minimum Gasteiger partial charge on any atom is -0.394 e. The van der Waals surface area contributed by atoms with E-state index in [-0.39, 0.29) is 13.2 Å². The molecule has 0 bridgehead atoms. The van der Waals surface area contributed by atoms with Crippen LogP contribution in [0.15, 0.2) is 133 Å². The monoisotopic (exact) mass is 538 g/mol. The molecule has 1 N–H and O–H groups in total. The van der Waals surface area contributed by atoms with E-state index in [0.717, 1.165) is 22.3 Å². The molecule has 5 nitrogen and oxygen atoms in total. The van der Waals surface area contributed by atoms with Crippen LogP contribution in [0.1, 0.15) is 22.3 Å². The zero-order valence-electron chi connectivity index (χ0n) is 22.8. The quantitative estimate of drug-likeness (QED) is 0.155. The number of hydrogen-bond donors (Lipinski definition) is 1. The number of aliphatic hydroxyl groups excluding tert-OH is 1. The van der Waals surface area contributed by atoms with Crippen molar-refractivity contribution in [1.29, 1.82) is 0 Å².